The molecule has 1 saturated heterocycles. The Kier molecular flexibility index (Phi) is 7.60. The Morgan fingerprint density at radius 3 is 2.71 bits per heavy atom. The molecule has 1 amide bonds. The summed E-state index contributed by atoms with van der Waals surface area (Å²) in [5.41, 5.74) is 2.23. The van der Waals surface area contributed by atoms with Gasteiger partial charge in [-0.2, -0.15) is 0 Å². The molecule has 1 aliphatic heterocycles. The minimum Gasteiger partial charge on any atom is -0.497 e. The van der Waals surface area contributed by atoms with Crippen molar-refractivity contribution in [2.75, 3.05) is 26.7 Å². The molecule has 1 heterocycles. The molecule has 6 heteroatoms. The molecule has 1 atom stereocenters. The summed E-state index contributed by atoms with van der Waals surface area (Å²) < 4.78 is 5.17. The first-order valence-electron chi connectivity index (χ1n) is 9.62. The Morgan fingerprint density at radius 1 is 1.21 bits per heavy atom. The molecule has 0 bridgehead atoms. The minimum atomic E-state index is 0.0238. The Bertz CT molecular complexity index is 796. The van der Waals surface area contributed by atoms with Crippen LogP contribution in [0.1, 0.15) is 24.0 Å². The summed E-state index contributed by atoms with van der Waals surface area (Å²) >= 11 is 12.3. The van der Waals surface area contributed by atoms with Crippen LogP contribution in [-0.4, -0.2) is 37.6 Å². The number of methoxy groups -OCH3 is 1. The number of carbonyl (C=O) groups is 1. The zero-order chi connectivity index (χ0) is 19.9. The second-order valence-corrected chi connectivity index (χ2v) is 8.04. The number of hydrogen-bond acceptors (Lipinski definition) is 3. The molecular formula is C22H26Cl2N2O2. The van der Waals surface area contributed by atoms with Crippen molar-refractivity contribution in [3.05, 3.63) is 63.6 Å². The number of rotatable bonds is 7. The molecule has 0 spiro atoms. The SMILES string of the molecule is COc1ccc(CCNC(=O)C2CCCN(Cc3ccc(Cl)cc3Cl)C2)cc1. The highest BCUT2D eigenvalue weighted by atomic mass is 35.5. The highest BCUT2D eigenvalue weighted by molar-refractivity contribution is 6.35. The van der Waals surface area contributed by atoms with Gasteiger partial charge in [-0.15, -0.1) is 0 Å². The van der Waals surface area contributed by atoms with Crippen molar-refractivity contribution >= 4 is 29.1 Å². The molecule has 0 radical (unpaired) electrons. The van der Waals surface area contributed by atoms with Gasteiger partial charge >= 0.3 is 0 Å². The van der Waals surface area contributed by atoms with Gasteiger partial charge in [0.05, 0.1) is 13.0 Å². The number of halogens is 2. The molecule has 2 aromatic carbocycles. The fourth-order valence-corrected chi connectivity index (χ4v) is 4.04. The number of amides is 1. The van der Waals surface area contributed by atoms with Crippen LogP contribution in [0.15, 0.2) is 42.5 Å². The Hall–Kier alpha value is -1.75. The van der Waals surface area contributed by atoms with Crippen LogP contribution in [0.5, 0.6) is 5.75 Å². The summed E-state index contributed by atoms with van der Waals surface area (Å²) in [4.78, 5) is 14.9. The van der Waals surface area contributed by atoms with E-state index in [0.717, 1.165) is 50.2 Å². The van der Waals surface area contributed by atoms with E-state index in [2.05, 4.69) is 10.2 Å². The molecule has 0 aromatic heterocycles. The second kappa shape index (κ2) is 10.1. The van der Waals surface area contributed by atoms with E-state index >= 15 is 0 Å². The molecule has 0 saturated carbocycles. The van der Waals surface area contributed by atoms with E-state index in [4.69, 9.17) is 27.9 Å². The molecule has 1 fully saturated rings. The number of benzene rings is 2. The largest absolute Gasteiger partial charge is 0.497 e. The van der Waals surface area contributed by atoms with Gasteiger partial charge in [0.1, 0.15) is 5.75 Å². The van der Waals surface area contributed by atoms with Gasteiger partial charge in [0, 0.05) is 29.7 Å². The van der Waals surface area contributed by atoms with Crippen LogP contribution in [0.4, 0.5) is 0 Å². The number of piperidine rings is 1. The van der Waals surface area contributed by atoms with E-state index in [1.165, 1.54) is 5.56 Å². The van der Waals surface area contributed by atoms with Crippen LogP contribution in [0.2, 0.25) is 10.0 Å². The molecule has 4 nitrogen and oxygen atoms in total. The standard InChI is InChI=1S/C22H26Cl2N2O2/c1-28-20-8-4-16(5-9-20)10-11-25-22(27)18-3-2-12-26(15-18)14-17-6-7-19(23)13-21(17)24/h4-9,13,18H,2-3,10-12,14-15H2,1H3,(H,25,27). The van der Waals surface area contributed by atoms with Crippen LogP contribution >= 0.6 is 23.2 Å². The first-order valence-corrected chi connectivity index (χ1v) is 10.4. The number of ether oxygens (including phenoxy) is 1. The fraction of sp³-hybridized carbons (Fsp3) is 0.409. The van der Waals surface area contributed by atoms with Crippen LogP contribution in [0, 0.1) is 5.92 Å². The average Bonchev–Trinajstić information content (AvgIpc) is 2.71. The first-order chi connectivity index (χ1) is 13.5. The fourth-order valence-electron chi connectivity index (χ4n) is 3.57. The Morgan fingerprint density at radius 2 is 2.00 bits per heavy atom. The van der Waals surface area contributed by atoms with E-state index in [1.807, 2.05) is 36.4 Å². The van der Waals surface area contributed by atoms with Crippen LogP contribution in [0.3, 0.4) is 0 Å². The maximum absolute atomic E-state index is 12.6. The van der Waals surface area contributed by atoms with Crippen molar-refractivity contribution < 1.29 is 9.53 Å². The van der Waals surface area contributed by atoms with Gasteiger partial charge in [0.25, 0.3) is 0 Å². The maximum atomic E-state index is 12.6. The molecule has 2 aromatic rings. The zero-order valence-corrected chi connectivity index (χ0v) is 17.6. The summed E-state index contributed by atoms with van der Waals surface area (Å²) in [5.74, 6) is 1.01. The van der Waals surface area contributed by atoms with E-state index in [0.29, 0.717) is 16.6 Å². The average molecular weight is 421 g/mol. The van der Waals surface area contributed by atoms with Crippen molar-refractivity contribution in [3.8, 4) is 5.75 Å². The lowest BCUT2D eigenvalue weighted by molar-refractivity contribution is -0.126. The van der Waals surface area contributed by atoms with Crippen molar-refractivity contribution in [1.82, 2.24) is 10.2 Å². The second-order valence-electron chi connectivity index (χ2n) is 7.20. The molecule has 1 unspecified atom stereocenters. The van der Waals surface area contributed by atoms with E-state index in [9.17, 15) is 4.79 Å². The summed E-state index contributed by atoms with van der Waals surface area (Å²) in [6.45, 7) is 3.12. The number of nitrogens with one attached hydrogen (secondary N) is 1. The highest BCUT2D eigenvalue weighted by Crippen LogP contribution is 2.25. The molecule has 3 rings (SSSR count). The molecular weight excluding hydrogens is 395 g/mol. The zero-order valence-electron chi connectivity index (χ0n) is 16.1. The van der Waals surface area contributed by atoms with Gasteiger partial charge in [-0.25, -0.2) is 0 Å². The van der Waals surface area contributed by atoms with Gasteiger partial charge in [-0.3, -0.25) is 9.69 Å². The third kappa shape index (κ3) is 5.87. The third-order valence-electron chi connectivity index (χ3n) is 5.16. The molecule has 1 N–H and O–H groups in total. The van der Waals surface area contributed by atoms with Crippen molar-refractivity contribution in [1.29, 1.82) is 0 Å². The summed E-state index contributed by atoms with van der Waals surface area (Å²) in [6, 6.07) is 13.5. The lowest BCUT2D eigenvalue weighted by atomic mass is 9.96. The van der Waals surface area contributed by atoms with Gasteiger partial charge in [0.2, 0.25) is 5.91 Å². The van der Waals surface area contributed by atoms with E-state index < -0.39 is 0 Å². The van der Waals surface area contributed by atoms with Crippen LogP contribution in [0.25, 0.3) is 0 Å². The van der Waals surface area contributed by atoms with Gasteiger partial charge in [0.15, 0.2) is 0 Å². The lowest BCUT2D eigenvalue weighted by Crippen LogP contribution is -2.43. The first kappa shape index (κ1) is 21.0. The number of nitrogens with zero attached hydrogens (tertiary/aromatic N) is 1. The van der Waals surface area contributed by atoms with Crippen LogP contribution < -0.4 is 10.1 Å². The van der Waals surface area contributed by atoms with Crippen molar-refractivity contribution in [2.24, 2.45) is 5.92 Å². The smallest absolute Gasteiger partial charge is 0.224 e. The number of carbonyl (C=O) groups excluding carboxylic acids is 1. The quantitative estimate of drug-likeness (QED) is 0.712. The Labute approximate surface area is 176 Å². The number of likely N-dealkylation sites (tertiary alicyclic amines) is 1. The third-order valence-corrected chi connectivity index (χ3v) is 5.74. The predicted molar refractivity (Wildman–Crippen MR) is 114 cm³/mol. The van der Waals surface area contributed by atoms with Gasteiger partial charge in [-0.1, -0.05) is 41.4 Å². The Balaban J connectivity index is 1.46. The van der Waals surface area contributed by atoms with Gasteiger partial charge in [-0.05, 0) is 61.2 Å². The lowest BCUT2D eigenvalue weighted by Gasteiger charge is -2.32. The topological polar surface area (TPSA) is 41.6 Å². The maximum Gasteiger partial charge on any atom is 0.224 e. The van der Waals surface area contributed by atoms with E-state index in [-0.39, 0.29) is 11.8 Å². The predicted octanol–water partition coefficient (Wildman–Crippen LogP) is 4.57. The molecule has 150 valence electrons. The van der Waals surface area contributed by atoms with Crippen molar-refractivity contribution in [2.45, 2.75) is 25.8 Å². The van der Waals surface area contributed by atoms with Crippen molar-refractivity contribution in [3.63, 3.8) is 0 Å². The van der Waals surface area contributed by atoms with Crippen LogP contribution in [-0.2, 0) is 17.8 Å². The van der Waals surface area contributed by atoms with E-state index in [1.54, 1.807) is 13.2 Å². The van der Waals surface area contributed by atoms with Gasteiger partial charge < -0.3 is 10.1 Å². The normalized spacial score (nSPS) is 17.3. The minimum absolute atomic E-state index is 0.0238. The highest BCUT2D eigenvalue weighted by Gasteiger charge is 2.25. The molecule has 1 aliphatic rings. The summed E-state index contributed by atoms with van der Waals surface area (Å²) in [7, 11) is 1.66. The summed E-state index contributed by atoms with van der Waals surface area (Å²) in [6.07, 6.45) is 2.76. The monoisotopic (exact) mass is 420 g/mol. The summed E-state index contributed by atoms with van der Waals surface area (Å²) in [5, 5.41) is 4.41. The number of hydrogen-bond donors (Lipinski definition) is 1. The molecule has 0 aliphatic carbocycles. The molecule has 28 heavy (non-hydrogen) atoms.